The largest absolute Gasteiger partial charge is 0.352 e. The van der Waals surface area contributed by atoms with Gasteiger partial charge in [0.05, 0.1) is 5.75 Å². The number of nitrogens with zero attached hydrogens (tertiary/aromatic N) is 1. The van der Waals surface area contributed by atoms with Crippen LogP contribution in [0.5, 0.6) is 0 Å². The highest BCUT2D eigenvalue weighted by molar-refractivity contribution is 7.99. The van der Waals surface area contributed by atoms with Gasteiger partial charge in [0, 0.05) is 23.4 Å². The molecule has 0 heterocycles. The molecule has 0 bridgehead atoms. The molecule has 1 saturated carbocycles. The Bertz CT molecular complexity index is 887. The Morgan fingerprint density at radius 1 is 1.16 bits per heavy atom. The molecule has 0 radical (unpaired) electrons. The molecule has 0 aliphatic heterocycles. The van der Waals surface area contributed by atoms with Crippen molar-refractivity contribution in [2.45, 2.75) is 57.0 Å². The van der Waals surface area contributed by atoms with Gasteiger partial charge in [-0.2, -0.15) is 0 Å². The zero-order valence-corrected chi connectivity index (χ0v) is 19.2. The van der Waals surface area contributed by atoms with Crippen LogP contribution < -0.4 is 5.32 Å². The molecule has 2 aromatic carbocycles. The first-order valence-corrected chi connectivity index (χ1v) is 12.1. The van der Waals surface area contributed by atoms with Crippen LogP contribution in [0, 0.1) is 5.82 Å². The zero-order valence-electron chi connectivity index (χ0n) is 17.7. The minimum atomic E-state index is -0.612. The quantitative estimate of drug-likeness (QED) is 0.558. The van der Waals surface area contributed by atoms with Crippen molar-refractivity contribution >= 4 is 35.2 Å². The van der Waals surface area contributed by atoms with Gasteiger partial charge in [-0.1, -0.05) is 54.8 Å². The predicted molar refractivity (Wildman–Crippen MR) is 124 cm³/mol. The fraction of sp³-hybridized carbons (Fsp3) is 0.417. The van der Waals surface area contributed by atoms with Crippen molar-refractivity contribution in [1.82, 2.24) is 10.2 Å². The molecule has 2 amide bonds. The summed E-state index contributed by atoms with van der Waals surface area (Å²) in [6, 6.07) is 13.2. The van der Waals surface area contributed by atoms with E-state index in [1.54, 1.807) is 24.0 Å². The molecule has 0 spiro atoms. The summed E-state index contributed by atoms with van der Waals surface area (Å²) in [5.74, 6) is 0.240. The zero-order chi connectivity index (χ0) is 22.2. The van der Waals surface area contributed by atoms with E-state index in [2.05, 4.69) is 5.32 Å². The van der Waals surface area contributed by atoms with E-state index in [1.807, 2.05) is 24.3 Å². The van der Waals surface area contributed by atoms with Crippen molar-refractivity contribution in [1.29, 1.82) is 0 Å². The molecule has 1 fully saturated rings. The number of nitrogens with one attached hydrogen (secondary N) is 1. The third-order valence-electron chi connectivity index (χ3n) is 5.58. The monoisotopic (exact) mass is 462 g/mol. The Hall–Kier alpha value is -2.05. The fourth-order valence-electron chi connectivity index (χ4n) is 3.71. The second-order valence-electron chi connectivity index (χ2n) is 7.90. The normalized spacial score (nSPS) is 14.9. The van der Waals surface area contributed by atoms with E-state index >= 15 is 0 Å². The second kappa shape index (κ2) is 11.5. The number of rotatable bonds is 9. The van der Waals surface area contributed by atoms with E-state index in [1.165, 1.54) is 23.9 Å². The highest BCUT2D eigenvalue weighted by atomic mass is 35.5. The highest BCUT2D eigenvalue weighted by Crippen LogP contribution is 2.22. The summed E-state index contributed by atoms with van der Waals surface area (Å²) in [5.41, 5.74) is 1.76. The number of halogens is 2. The van der Waals surface area contributed by atoms with Crippen LogP contribution in [-0.4, -0.2) is 34.6 Å². The Balaban J connectivity index is 1.65. The first kappa shape index (κ1) is 23.6. The van der Waals surface area contributed by atoms with E-state index in [-0.39, 0.29) is 36.0 Å². The molecule has 31 heavy (non-hydrogen) atoms. The Labute approximate surface area is 192 Å². The number of benzene rings is 2. The van der Waals surface area contributed by atoms with Gasteiger partial charge in [-0.05, 0) is 49.1 Å². The Kier molecular flexibility index (Phi) is 8.79. The first-order valence-electron chi connectivity index (χ1n) is 10.6. The van der Waals surface area contributed by atoms with E-state index in [9.17, 15) is 14.0 Å². The summed E-state index contributed by atoms with van der Waals surface area (Å²) in [5, 5.41) is 3.76. The van der Waals surface area contributed by atoms with Crippen LogP contribution in [0.2, 0.25) is 5.02 Å². The van der Waals surface area contributed by atoms with Crippen LogP contribution in [0.15, 0.2) is 48.5 Å². The SMILES string of the molecule is C[C@@H](C(=O)NC1CCCC1)N(Cc1ccc(F)cc1)C(=O)CSCc1ccccc1Cl. The molecule has 4 nitrogen and oxygen atoms in total. The summed E-state index contributed by atoms with van der Waals surface area (Å²) in [6.07, 6.45) is 4.21. The Morgan fingerprint density at radius 3 is 2.52 bits per heavy atom. The molecule has 0 saturated heterocycles. The van der Waals surface area contributed by atoms with Gasteiger partial charge in [0.15, 0.2) is 0 Å². The molecule has 166 valence electrons. The van der Waals surface area contributed by atoms with Gasteiger partial charge in [0.25, 0.3) is 0 Å². The lowest BCUT2D eigenvalue weighted by atomic mass is 10.1. The number of carbonyl (C=O) groups excluding carboxylic acids is 2. The predicted octanol–water partition coefficient (Wildman–Crippen LogP) is 5.19. The maximum atomic E-state index is 13.3. The molecule has 2 aromatic rings. The maximum absolute atomic E-state index is 13.3. The third kappa shape index (κ3) is 6.97. The summed E-state index contributed by atoms with van der Waals surface area (Å²) in [4.78, 5) is 27.5. The number of thioether (sulfide) groups is 1. The van der Waals surface area contributed by atoms with Crippen LogP contribution in [-0.2, 0) is 21.9 Å². The van der Waals surface area contributed by atoms with Gasteiger partial charge in [-0.25, -0.2) is 4.39 Å². The topological polar surface area (TPSA) is 49.4 Å². The lowest BCUT2D eigenvalue weighted by Gasteiger charge is -2.29. The van der Waals surface area contributed by atoms with Crippen molar-refractivity contribution in [2.75, 3.05) is 5.75 Å². The maximum Gasteiger partial charge on any atom is 0.242 e. The van der Waals surface area contributed by atoms with E-state index in [4.69, 9.17) is 11.6 Å². The van der Waals surface area contributed by atoms with E-state index < -0.39 is 6.04 Å². The van der Waals surface area contributed by atoms with Gasteiger partial charge in [0.1, 0.15) is 11.9 Å². The van der Waals surface area contributed by atoms with Crippen molar-refractivity contribution < 1.29 is 14.0 Å². The molecular formula is C24H28ClFN2O2S. The van der Waals surface area contributed by atoms with Gasteiger partial charge in [0.2, 0.25) is 11.8 Å². The molecule has 1 aliphatic carbocycles. The number of hydrogen-bond donors (Lipinski definition) is 1. The van der Waals surface area contributed by atoms with Crippen LogP contribution in [0.25, 0.3) is 0 Å². The van der Waals surface area contributed by atoms with Gasteiger partial charge in [-0.3, -0.25) is 9.59 Å². The second-order valence-corrected chi connectivity index (χ2v) is 9.29. The molecule has 1 aliphatic rings. The number of amides is 2. The molecule has 1 N–H and O–H groups in total. The number of hydrogen-bond acceptors (Lipinski definition) is 3. The average Bonchev–Trinajstić information content (AvgIpc) is 3.27. The van der Waals surface area contributed by atoms with Crippen molar-refractivity contribution in [3.05, 3.63) is 70.5 Å². The summed E-state index contributed by atoms with van der Waals surface area (Å²) < 4.78 is 13.3. The minimum absolute atomic E-state index is 0.129. The van der Waals surface area contributed by atoms with Gasteiger partial charge >= 0.3 is 0 Å². The van der Waals surface area contributed by atoms with Crippen molar-refractivity contribution in [2.24, 2.45) is 0 Å². The molecule has 0 aromatic heterocycles. The fourth-order valence-corrected chi connectivity index (χ4v) is 4.90. The summed E-state index contributed by atoms with van der Waals surface area (Å²) in [7, 11) is 0. The van der Waals surface area contributed by atoms with Crippen molar-refractivity contribution in [3.8, 4) is 0 Å². The molecule has 0 unspecified atom stereocenters. The lowest BCUT2D eigenvalue weighted by Crippen LogP contribution is -2.50. The Morgan fingerprint density at radius 2 is 1.84 bits per heavy atom. The third-order valence-corrected chi connectivity index (χ3v) is 6.91. The van der Waals surface area contributed by atoms with Crippen molar-refractivity contribution in [3.63, 3.8) is 0 Å². The minimum Gasteiger partial charge on any atom is -0.352 e. The van der Waals surface area contributed by atoms with Crippen LogP contribution in [0.4, 0.5) is 4.39 Å². The van der Waals surface area contributed by atoms with Gasteiger partial charge < -0.3 is 10.2 Å². The smallest absolute Gasteiger partial charge is 0.242 e. The highest BCUT2D eigenvalue weighted by Gasteiger charge is 2.28. The van der Waals surface area contributed by atoms with E-state index in [0.29, 0.717) is 10.8 Å². The lowest BCUT2D eigenvalue weighted by molar-refractivity contribution is -0.138. The van der Waals surface area contributed by atoms with Crippen LogP contribution >= 0.6 is 23.4 Å². The molecule has 1 atom stereocenters. The summed E-state index contributed by atoms with van der Waals surface area (Å²) >= 11 is 7.67. The van der Waals surface area contributed by atoms with Gasteiger partial charge in [-0.15, -0.1) is 11.8 Å². The average molecular weight is 463 g/mol. The molecule has 7 heteroatoms. The number of carbonyl (C=O) groups is 2. The van der Waals surface area contributed by atoms with Crippen LogP contribution in [0.1, 0.15) is 43.7 Å². The summed E-state index contributed by atoms with van der Waals surface area (Å²) in [6.45, 7) is 2.01. The standard InChI is InChI=1S/C24H28ClFN2O2S/c1-17(24(30)27-21-7-3-4-8-21)28(14-18-10-12-20(26)13-11-18)23(29)16-31-15-19-6-2-5-9-22(19)25/h2,5-6,9-13,17,21H,3-4,7-8,14-16H2,1H3,(H,27,30)/t17-/m0/s1. The first-order chi connectivity index (χ1) is 14.9. The van der Waals surface area contributed by atoms with Crippen LogP contribution in [0.3, 0.4) is 0 Å². The van der Waals surface area contributed by atoms with E-state index in [0.717, 1.165) is 36.8 Å². The molecular weight excluding hydrogens is 435 g/mol. The molecule has 3 rings (SSSR count).